The summed E-state index contributed by atoms with van der Waals surface area (Å²) in [5.41, 5.74) is 1.02. The number of amides is 1. The van der Waals surface area contributed by atoms with E-state index in [-0.39, 0.29) is 5.91 Å². The molecule has 0 N–H and O–H groups in total. The maximum Gasteiger partial charge on any atom is 0.247 e. The van der Waals surface area contributed by atoms with Gasteiger partial charge in [0.2, 0.25) is 5.91 Å². The molecule has 3 heterocycles. The molecular weight excluding hydrogens is 396 g/mol. The molecule has 2 atom stereocenters. The summed E-state index contributed by atoms with van der Waals surface area (Å²) >= 11 is 0. The van der Waals surface area contributed by atoms with Crippen molar-refractivity contribution in [1.29, 1.82) is 0 Å². The first-order chi connectivity index (χ1) is 15.1. The number of rotatable bonds is 7. The average Bonchev–Trinajstić information content (AvgIpc) is 3.39. The highest BCUT2D eigenvalue weighted by molar-refractivity contribution is 5.80. The van der Waals surface area contributed by atoms with Crippen LogP contribution in [0.2, 0.25) is 0 Å². The number of tetrazole rings is 1. The van der Waals surface area contributed by atoms with Gasteiger partial charge in [-0.25, -0.2) is 4.68 Å². The van der Waals surface area contributed by atoms with E-state index in [1.54, 1.807) is 11.8 Å². The van der Waals surface area contributed by atoms with E-state index in [1.807, 2.05) is 36.1 Å². The van der Waals surface area contributed by atoms with Crippen LogP contribution in [0.3, 0.4) is 0 Å². The fourth-order valence-corrected chi connectivity index (χ4v) is 4.49. The zero-order valence-electron chi connectivity index (χ0n) is 18.4. The van der Waals surface area contributed by atoms with Crippen molar-refractivity contribution in [2.75, 3.05) is 46.4 Å². The van der Waals surface area contributed by atoms with E-state index in [0.29, 0.717) is 24.9 Å². The topological polar surface area (TPSA) is 85.6 Å². The Bertz CT molecular complexity index is 866. The highest BCUT2D eigenvalue weighted by Crippen LogP contribution is 2.22. The van der Waals surface area contributed by atoms with E-state index >= 15 is 0 Å². The number of benzene rings is 1. The second kappa shape index (κ2) is 10.2. The Balaban J connectivity index is 1.47. The molecule has 4 rings (SSSR count). The van der Waals surface area contributed by atoms with Crippen LogP contribution in [0.1, 0.15) is 36.7 Å². The zero-order valence-corrected chi connectivity index (χ0v) is 18.4. The standard InChI is InChI=1S/C22H32N6O3/c1-17-23-24-25-28(17)21(15-18-6-3-7-19(14-18)30-2)22(29)27-10-5-9-26(11-12-27)16-20-8-4-13-31-20/h3,6-7,14,20-21H,4-5,8-13,15-16H2,1-2H3/t20-,21-/m1/s1. The number of aryl methyl sites for hydroxylation is 1. The van der Waals surface area contributed by atoms with Gasteiger partial charge in [-0.2, -0.15) is 0 Å². The lowest BCUT2D eigenvalue weighted by Gasteiger charge is -2.27. The van der Waals surface area contributed by atoms with E-state index in [9.17, 15) is 4.79 Å². The lowest BCUT2D eigenvalue weighted by atomic mass is 10.0. The molecule has 1 aromatic heterocycles. The van der Waals surface area contributed by atoms with Gasteiger partial charge in [-0.1, -0.05) is 12.1 Å². The van der Waals surface area contributed by atoms with Crippen LogP contribution in [0.5, 0.6) is 5.75 Å². The van der Waals surface area contributed by atoms with Crippen molar-refractivity contribution in [1.82, 2.24) is 30.0 Å². The monoisotopic (exact) mass is 428 g/mol. The molecule has 2 aliphatic heterocycles. The Morgan fingerprint density at radius 1 is 1.26 bits per heavy atom. The molecule has 0 spiro atoms. The van der Waals surface area contributed by atoms with Crippen molar-refractivity contribution < 1.29 is 14.3 Å². The minimum Gasteiger partial charge on any atom is -0.497 e. The summed E-state index contributed by atoms with van der Waals surface area (Å²) in [4.78, 5) is 18.1. The minimum absolute atomic E-state index is 0.0668. The normalized spacial score (nSPS) is 21.1. The van der Waals surface area contributed by atoms with Crippen LogP contribution in [0.4, 0.5) is 0 Å². The molecule has 1 aromatic carbocycles. The number of aromatic nitrogens is 4. The van der Waals surface area contributed by atoms with Crippen LogP contribution in [0.25, 0.3) is 0 Å². The van der Waals surface area contributed by atoms with E-state index in [2.05, 4.69) is 20.4 Å². The van der Waals surface area contributed by atoms with Crippen LogP contribution >= 0.6 is 0 Å². The SMILES string of the molecule is COc1cccc(C[C@H](C(=O)N2CCCN(C[C@H]3CCCO3)CC2)n2nnnc2C)c1. The molecule has 9 nitrogen and oxygen atoms in total. The van der Waals surface area contributed by atoms with Crippen molar-refractivity contribution in [2.45, 2.75) is 44.8 Å². The molecule has 2 aromatic rings. The first-order valence-electron chi connectivity index (χ1n) is 11.1. The Kier molecular flexibility index (Phi) is 7.14. The zero-order chi connectivity index (χ0) is 21.6. The summed E-state index contributed by atoms with van der Waals surface area (Å²) in [5, 5.41) is 11.9. The summed E-state index contributed by atoms with van der Waals surface area (Å²) < 4.78 is 12.8. The molecule has 2 fully saturated rings. The van der Waals surface area contributed by atoms with Gasteiger partial charge < -0.3 is 14.4 Å². The van der Waals surface area contributed by atoms with E-state index in [4.69, 9.17) is 9.47 Å². The van der Waals surface area contributed by atoms with Gasteiger partial charge >= 0.3 is 0 Å². The molecule has 0 saturated carbocycles. The smallest absolute Gasteiger partial charge is 0.247 e. The van der Waals surface area contributed by atoms with Crippen LogP contribution in [0, 0.1) is 6.92 Å². The summed E-state index contributed by atoms with van der Waals surface area (Å²) in [5.74, 6) is 1.48. The van der Waals surface area contributed by atoms with Gasteiger partial charge in [-0.15, -0.1) is 5.10 Å². The predicted molar refractivity (Wildman–Crippen MR) is 115 cm³/mol. The second-order valence-electron chi connectivity index (χ2n) is 8.36. The number of hydrogen-bond acceptors (Lipinski definition) is 7. The van der Waals surface area contributed by atoms with E-state index in [1.165, 1.54) is 0 Å². The molecule has 0 bridgehead atoms. The van der Waals surface area contributed by atoms with Gasteiger partial charge in [0.15, 0.2) is 0 Å². The van der Waals surface area contributed by atoms with Crippen molar-refractivity contribution in [3.8, 4) is 5.75 Å². The third-order valence-corrected chi connectivity index (χ3v) is 6.19. The molecule has 168 valence electrons. The first kappa shape index (κ1) is 21.7. The summed E-state index contributed by atoms with van der Waals surface area (Å²) in [6.45, 7) is 6.98. The van der Waals surface area contributed by atoms with E-state index < -0.39 is 6.04 Å². The van der Waals surface area contributed by atoms with Crippen molar-refractivity contribution in [2.24, 2.45) is 0 Å². The van der Waals surface area contributed by atoms with Crippen LogP contribution in [-0.4, -0.2) is 88.5 Å². The van der Waals surface area contributed by atoms with Gasteiger partial charge in [0.25, 0.3) is 0 Å². The Labute approximate surface area is 183 Å². The van der Waals surface area contributed by atoms with Crippen LogP contribution in [0.15, 0.2) is 24.3 Å². The molecule has 0 aliphatic carbocycles. The van der Waals surface area contributed by atoms with Crippen molar-refractivity contribution >= 4 is 5.91 Å². The van der Waals surface area contributed by atoms with Gasteiger partial charge in [0.05, 0.1) is 13.2 Å². The Hall–Kier alpha value is -2.52. The molecule has 9 heteroatoms. The highest BCUT2D eigenvalue weighted by Gasteiger charge is 2.30. The third-order valence-electron chi connectivity index (χ3n) is 6.19. The van der Waals surface area contributed by atoms with E-state index in [0.717, 1.165) is 63.4 Å². The molecular formula is C22H32N6O3. The largest absolute Gasteiger partial charge is 0.497 e. The lowest BCUT2D eigenvalue weighted by molar-refractivity contribution is -0.135. The molecule has 2 aliphatic rings. The quantitative estimate of drug-likeness (QED) is 0.660. The molecule has 1 amide bonds. The van der Waals surface area contributed by atoms with Gasteiger partial charge in [-0.05, 0) is 60.9 Å². The maximum atomic E-state index is 13.6. The van der Waals surface area contributed by atoms with Crippen LogP contribution < -0.4 is 4.74 Å². The maximum absolute atomic E-state index is 13.6. The molecule has 0 unspecified atom stereocenters. The number of nitrogens with zero attached hydrogens (tertiary/aromatic N) is 6. The van der Waals surface area contributed by atoms with Crippen molar-refractivity contribution in [3.05, 3.63) is 35.7 Å². The molecule has 0 radical (unpaired) electrons. The number of ether oxygens (including phenoxy) is 2. The lowest BCUT2D eigenvalue weighted by Crippen LogP contribution is -2.41. The number of hydrogen-bond donors (Lipinski definition) is 0. The third kappa shape index (κ3) is 5.40. The fraction of sp³-hybridized carbons (Fsp3) is 0.636. The minimum atomic E-state index is -0.480. The number of methoxy groups -OCH3 is 1. The molecule has 2 saturated heterocycles. The average molecular weight is 429 g/mol. The summed E-state index contributed by atoms with van der Waals surface area (Å²) in [7, 11) is 1.65. The van der Waals surface area contributed by atoms with Crippen LogP contribution in [-0.2, 0) is 16.0 Å². The predicted octanol–water partition coefficient (Wildman–Crippen LogP) is 1.49. The van der Waals surface area contributed by atoms with Gasteiger partial charge in [0.1, 0.15) is 17.6 Å². The first-order valence-corrected chi connectivity index (χ1v) is 11.1. The molecule has 31 heavy (non-hydrogen) atoms. The van der Waals surface area contributed by atoms with Gasteiger partial charge in [-0.3, -0.25) is 9.69 Å². The summed E-state index contributed by atoms with van der Waals surface area (Å²) in [6.07, 6.45) is 4.10. The Morgan fingerprint density at radius 3 is 2.90 bits per heavy atom. The van der Waals surface area contributed by atoms with Gasteiger partial charge in [0, 0.05) is 39.2 Å². The highest BCUT2D eigenvalue weighted by atomic mass is 16.5. The number of carbonyl (C=O) groups excluding carboxylic acids is 1. The fourth-order valence-electron chi connectivity index (χ4n) is 4.49. The van der Waals surface area contributed by atoms with Crippen molar-refractivity contribution in [3.63, 3.8) is 0 Å². The Morgan fingerprint density at radius 2 is 2.16 bits per heavy atom. The number of carbonyl (C=O) groups is 1. The second-order valence-corrected chi connectivity index (χ2v) is 8.36. The summed E-state index contributed by atoms with van der Waals surface area (Å²) in [6, 6.07) is 7.34.